The third-order valence-electron chi connectivity index (χ3n) is 3.82. The van der Waals surface area contributed by atoms with Crippen LogP contribution in [0.1, 0.15) is 19.8 Å². The van der Waals surface area contributed by atoms with Gasteiger partial charge in [-0.3, -0.25) is 4.79 Å². The highest BCUT2D eigenvalue weighted by Gasteiger charge is 2.21. The van der Waals surface area contributed by atoms with Gasteiger partial charge in [0.05, 0.1) is 18.4 Å². The number of benzene rings is 1. The normalized spacial score (nSPS) is 21.0. The molecule has 1 fully saturated rings. The number of hydrogen-bond donors (Lipinski definition) is 1. The second kappa shape index (κ2) is 7.51. The van der Waals surface area contributed by atoms with Gasteiger partial charge in [-0.25, -0.2) is 0 Å². The molecule has 0 spiro atoms. The standard InChI is InChI=1S/C16H20BrNO5/c1-10(23-9-11-3-2-4-20-11)16(19)18-13-8-15-14(7-12(13)17)21-5-6-22-15/h7-8,10-11H,2-6,9H2,1H3,(H,18,19). The number of anilines is 1. The third-order valence-corrected chi connectivity index (χ3v) is 4.47. The summed E-state index contributed by atoms with van der Waals surface area (Å²) in [6.07, 6.45) is 1.59. The molecular formula is C16H20BrNO5. The Bertz CT molecular complexity index is 574. The number of rotatable bonds is 5. The zero-order chi connectivity index (χ0) is 16.2. The van der Waals surface area contributed by atoms with Crippen LogP contribution < -0.4 is 14.8 Å². The van der Waals surface area contributed by atoms with E-state index < -0.39 is 6.10 Å². The van der Waals surface area contributed by atoms with Crippen molar-refractivity contribution in [1.29, 1.82) is 0 Å². The second-order valence-electron chi connectivity index (χ2n) is 5.58. The molecule has 1 aromatic carbocycles. The van der Waals surface area contributed by atoms with Crippen LogP contribution in [0.5, 0.6) is 11.5 Å². The fraction of sp³-hybridized carbons (Fsp3) is 0.562. The number of ether oxygens (including phenoxy) is 4. The SMILES string of the molecule is CC(OCC1CCCO1)C(=O)Nc1cc2c(cc1Br)OCCO2. The number of fused-ring (bicyclic) bond motifs is 1. The Labute approximate surface area is 143 Å². The molecule has 2 heterocycles. The fourth-order valence-corrected chi connectivity index (χ4v) is 2.92. The predicted octanol–water partition coefficient (Wildman–Crippen LogP) is 2.74. The molecule has 1 amide bonds. The number of amides is 1. The number of nitrogens with one attached hydrogen (secondary N) is 1. The molecule has 2 unspecified atom stereocenters. The summed E-state index contributed by atoms with van der Waals surface area (Å²) in [5, 5.41) is 2.85. The van der Waals surface area contributed by atoms with Crippen molar-refractivity contribution in [2.75, 3.05) is 31.7 Å². The van der Waals surface area contributed by atoms with Gasteiger partial charge in [-0.05, 0) is 35.7 Å². The van der Waals surface area contributed by atoms with Crippen molar-refractivity contribution < 1.29 is 23.7 Å². The van der Waals surface area contributed by atoms with E-state index >= 15 is 0 Å². The van der Waals surface area contributed by atoms with Crippen LogP contribution in [0.15, 0.2) is 16.6 Å². The van der Waals surface area contributed by atoms with Gasteiger partial charge in [0.15, 0.2) is 11.5 Å². The molecule has 1 aromatic rings. The lowest BCUT2D eigenvalue weighted by molar-refractivity contribution is -0.128. The third kappa shape index (κ3) is 4.16. The monoisotopic (exact) mass is 385 g/mol. The van der Waals surface area contributed by atoms with Gasteiger partial charge in [0, 0.05) is 23.2 Å². The first-order valence-corrected chi connectivity index (χ1v) is 8.56. The number of hydrogen-bond acceptors (Lipinski definition) is 5. The minimum absolute atomic E-state index is 0.103. The molecule has 2 aliphatic heterocycles. The molecule has 2 aliphatic rings. The number of carbonyl (C=O) groups excluding carboxylic acids is 1. The molecule has 0 bridgehead atoms. The van der Waals surface area contributed by atoms with E-state index in [1.165, 1.54) is 0 Å². The summed E-state index contributed by atoms with van der Waals surface area (Å²) in [4.78, 5) is 12.3. The minimum atomic E-state index is -0.556. The zero-order valence-electron chi connectivity index (χ0n) is 13.0. The summed E-state index contributed by atoms with van der Waals surface area (Å²) in [7, 11) is 0. The summed E-state index contributed by atoms with van der Waals surface area (Å²) < 4.78 is 22.9. The summed E-state index contributed by atoms with van der Waals surface area (Å²) in [6.45, 7) is 3.98. The highest BCUT2D eigenvalue weighted by atomic mass is 79.9. The Hall–Kier alpha value is -1.31. The molecule has 6 nitrogen and oxygen atoms in total. The molecule has 1 saturated heterocycles. The highest BCUT2D eigenvalue weighted by Crippen LogP contribution is 2.38. The molecular weight excluding hydrogens is 366 g/mol. The van der Waals surface area contributed by atoms with Gasteiger partial charge in [0.2, 0.25) is 0 Å². The fourth-order valence-electron chi connectivity index (χ4n) is 2.50. The molecule has 2 atom stereocenters. The van der Waals surface area contributed by atoms with Gasteiger partial charge in [-0.15, -0.1) is 0 Å². The number of halogens is 1. The van der Waals surface area contributed by atoms with Gasteiger partial charge < -0.3 is 24.3 Å². The van der Waals surface area contributed by atoms with E-state index in [9.17, 15) is 4.79 Å². The Balaban J connectivity index is 1.58. The summed E-state index contributed by atoms with van der Waals surface area (Å²) in [5.74, 6) is 1.09. The van der Waals surface area contributed by atoms with Crippen LogP contribution in [0.2, 0.25) is 0 Å². The molecule has 0 aliphatic carbocycles. The smallest absolute Gasteiger partial charge is 0.253 e. The Morgan fingerprint density at radius 2 is 2.09 bits per heavy atom. The first-order chi connectivity index (χ1) is 11.1. The quantitative estimate of drug-likeness (QED) is 0.843. The van der Waals surface area contributed by atoms with Crippen LogP contribution in [0.4, 0.5) is 5.69 Å². The van der Waals surface area contributed by atoms with Crippen LogP contribution in [0, 0.1) is 0 Å². The number of carbonyl (C=O) groups is 1. The minimum Gasteiger partial charge on any atom is -0.486 e. The Kier molecular flexibility index (Phi) is 5.40. The summed E-state index contributed by atoms with van der Waals surface area (Å²) in [6, 6.07) is 3.55. The molecule has 0 radical (unpaired) electrons. The van der Waals surface area contributed by atoms with Gasteiger partial charge >= 0.3 is 0 Å². The Morgan fingerprint density at radius 3 is 2.78 bits per heavy atom. The van der Waals surface area contributed by atoms with E-state index in [1.54, 1.807) is 19.1 Å². The van der Waals surface area contributed by atoms with Gasteiger partial charge in [0.1, 0.15) is 19.3 Å². The summed E-state index contributed by atoms with van der Waals surface area (Å²) in [5.41, 5.74) is 0.631. The van der Waals surface area contributed by atoms with Gasteiger partial charge in [0.25, 0.3) is 5.91 Å². The molecule has 0 aromatic heterocycles. The van der Waals surface area contributed by atoms with Crippen molar-refractivity contribution in [2.45, 2.75) is 32.0 Å². The van der Waals surface area contributed by atoms with E-state index in [0.29, 0.717) is 37.0 Å². The first-order valence-electron chi connectivity index (χ1n) is 7.76. The van der Waals surface area contributed by atoms with Crippen molar-refractivity contribution in [3.8, 4) is 11.5 Å². The lowest BCUT2D eigenvalue weighted by Gasteiger charge is -2.21. The molecule has 0 saturated carbocycles. The highest BCUT2D eigenvalue weighted by molar-refractivity contribution is 9.10. The molecule has 23 heavy (non-hydrogen) atoms. The molecule has 1 N–H and O–H groups in total. The molecule has 3 rings (SSSR count). The topological polar surface area (TPSA) is 66.0 Å². The predicted molar refractivity (Wildman–Crippen MR) is 88.1 cm³/mol. The van der Waals surface area contributed by atoms with Gasteiger partial charge in [-0.1, -0.05) is 0 Å². The van der Waals surface area contributed by atoms with E-state index in [4.69, 9.17) is 18.9 Å². The zero-order valence-corrected chi connectivity index (χ0v) is 14.6. The van der Waals surface area contributed by atoms with Crippen LogP contribution in [0.25, 0.3) is 0 Å². The van der Waals surface area contributed by atoms with E-state index in [1.807, 2.05) is 0 Å². The van der Waals surface area contributed by atoms with Crippen molar-refractivity contribution in [3.63, 3.8) is 0 Å². The van der Waals surface area contributed by atoms with Gasteiger partial charge in [-0.2, -0.15) is 0 Å². The molecule has 126 valence electrons. The Morgan fingerprint density at radius 1 is 1.35 bits per heavy atom. The van der Waals surface area contributed by atoms with E-state index in [2.05, 4.69) is 21.2 Å². The second-order valence-corrected chi connectivity index (χ2v) is 6.43. The average Bonchev–Trinajstić information content (AvgIpc) is 3.06. The lowest BCUT2D eigenvalue weighted by Crippen LogP contribution is -2.30. The lowest BCUT2D eigenvalue weighted by atomic mass is 10.2. The maximum Gasteiger partial charge on any atom is 0.253 e. The first kappa shape index (κ1) is 16.5. The van der Waals surface area contributed by atoms with Crippen molar-refractivity contribution in [3.05, 3.63) is 16.6 Å². The maximum atomic E-state index is 12.3. The van der Waals surface area contributed by atoms with Crippen LogP contribution in [-0.2, 0) is 14.3 Å². The van der Waals surface area contributed by atoms with Crippen LogP contribution in [-0.4, -0.2) is 44.5 Å². The summed E-state index contributed by atoms with van der Waals surface area (Å²) >= 11 is 3.43. The van der Waals surface area contributed by atoms with Crippen molar-refractivity contribution >= 4 is 27.5 Å². The van der Waals surface area contributed by atoms with Crippen LogP contribution in [0.3, 0.4) is 0 Å². The van der Waals surface area contributed by atoms with Crippen molar-refractivity contribution in [1.82, 2.24) is 0 Å². The average molecular weight is 386 g/mol. The van der Waals surface area contributed by atoms with Crippen LogP contribution >= 0.6 is 15.9 Å². The van der Waals surface area contributed by atoms with E-state index in [0.717, 1.165) is 23.9 Å². The maximum absolute atomic E-state index is 12.3. The molecule has 7 heteroatoms. The van der Waals surface area contributed by atoms with Crippen molar-refractivity contribution in [2.24, 2.45) is 0 Å². The van der Waals surface area contributed by atoms with E-state index in [-0.39, 0.29) is 12.0 Å². The largest absolute Gasteiger partial charge is 0.486 e.